The van der Waals surface area contributed by atoms with Crippen molar-refractivity contribution in [3.8, 4) is 0 Å². The van der Waals surface area contributed by atoms with Crippen molar-refractivity contribution in [1.82, 2.24) is 10.2 Å². The molecule has 2 aliphatic carbocycles. The van der Waals surface area contributed by atoms with Gasteiger partial charge in [-0.15, -0.1) is 0 Å². The van der Waals surface area contributed by atoms with Crippen LogP contribution in [-0.4, -0.2) is 36.5 Å². The van der Waals surface area contributed by atoms with E-state index in [0.29, 0.717) is 28.5 Å². The molecule has 0 radical (unpaired) electrons. The fourth-order valence-electron chi connectivity index (χ4n) is 4.75. The third-order valence-electron chi connectivity index (χ3n) is 6.24. The van der Waals surface area contributed by atoms with Gasteiger partial charge in [-0.05, 0) is 61.4 Å². The quantitative estimate of drug-likeness (QED) is 0.845. The molecule has 4 heteroatoms. The van der Waals surface area contributed by atoms with Crippen molar-refractivity contribution in [2.45, 2.75) is 44.6 Å². The molecule has 3 fully saturated rings. The maximum absolute atomic E-state index is 12.3. The largest absolute Gasteiger partial charge is 0.349 e. The summed E-state index contributed by atoms with van der Waals surface area (Å²) < 4.78 is 0. The smallest absolute Gasteiger partial charge is 0.251 e. The summed E-state index contributed by atoms with van der Waals surface area (Å²) >= 11 is 5.87. The Bertz CT molecular complexity index is 570. The Kier molecular flexibility index (Phi) is 4.82. The number of likely N-dealkylation sites (tertiary alicyclic amines) is 1. The average molecular weight is 347 g/mol. The van der Waals surface area contributed by atoms with Gasteiger partial charge in [0.25, 0.3) is 5.91 Å². The van der Waals surface area contributed by atoms with Gasteiger partial charge in [-0.2, -0.15) is 0 Å². The molecule has 1 N–H and O–H groups in total. The van der Waals surface area contributed by atoms with Crippen molar-refractivity contribution < 1.29 is 4.79 Å². The standard InChI is InChI=1S/C20H27ClN2O/c21-16-9-7-15(8-10-16)20(24)22-19-17-12-23(13-18(17)19)11-3-6-14-4-1-2-5-14/h7-10,14,17-19H,1-6,11-13H2,(H,22,24)/t17-,18+,19?. The highest BCUT2D eigenvalue weighted by Gasteiger charge is 2.56. The lowest BCUT2D eigenvalue weighted by molar-refractivity contribution is 0.0943. The number of nitrogens with zero attached hydrogens (tertiary/aromatic N) is 1. The van der Waals surface area contributed by atoms with Gasteiger partial charge in [0.1, 0.15) is 0 Å². The molecule has 1 aliphatic heterocycles. The second kappa shape index (κ2) is 7.05. The first-order chi connectivity index (χ1) is 11.7. The first-order valence-electron chi connectivity index (χ1n) is 9.49. The summed E-state index contributed by atoms with van der Waals surface area (Å²) in [6.45, 7) is 3.59. The van der Waals surface area contributed by atoms with E-state index in [2.05, 4.69) is 10.2 Å². The molecule has 4 rings (SSSR count). The Labute approximate surface area is 149 Å². The van der Waals surface area contributed by atoms with Gasteiger partial charge >= 0.3 is 0 Å². The second-order valence-electron chi connectivity index (χ2n) is 7.89. The van der Waals surface area contributed by atoms with Crippen LogP contribution in [-0.2, 0) is 0 Å². The Balaban J connectivity index is 1.17. The molecular formula is C20H27ClN2O. The summed E-state index contributed by atoms with van der Waals surface area (Å²) in [6, 6.07) is 7.53. The van der Waals surface area contributed by atoms with E-state index < -0.39 is 0 Å². The van der Waals surface area contributed by atoms with Gasteiger partial charge in [-0.3, -0.25) is 4.79 Å². The zero-order chi connectivity index (χ0) is 16.5. The predicted octanol–water partition coefficient (Wildman–Crippen LogP) is 3.97. The van der Waals surface area contributed by atoms with E-state index in [1.54, 1.807) is 24.3 Å². The Hall–Kier alpha value is -1.06. The highest BCUT2D eigenvalue weighted by Crippen LogP contribution is 2.45. The summed E-state index contributed by atoms with van der Waals surface area (Å²) in [4.78, 5) is 14.9. The molecule has 2 saturated carbocycles. The molecule has 130 valence electrons. The fourth-order valence-corrected chi connectivity index (χ4v) is 4.87. The van der Waals surface area contributed by atoms with Gasteiger partial charge in [0.05, 0.1) is 0 Å². The lowest BCUT2D eigenvalue weighted by atomic mass is 10.0. The molecule has 0 aromatic heterocycles. The van der Waals surface area contributed by atoms with Crippen molar-refractivity contribution in [2.75, 3.05) is 19.6 Å². The number of rotatable bonds is 6. The molecular weight excluding hydrogens is 320 g/mol. The topological polar surface area (TPSA) is 32.3 Å². The van der Waals surface area contributed by atoms with Crippen LogP contribution in [0.4, 0.5) is 0 Å². The van der Waals surface area contributed by atoms with Crippen molar-refractivity contribution in [3.05, 3.63) is 34.9 Å². The molecule has 1 saturated heterocycles. The normalized spacial score (nSPS) is 29.6. The van der Waals surface area contributed by atoms with Crippen LogP contribution in [0.25, 0.3) is 0 Å². The molecule has 3 aliphatic rings. The van der Waals surface area contributed by atoms with Crippen LogP contribution in [0.2, 0.25) is 5.02 Å². The lowest BCUT2D eigenvalue weighted by Gasteiger charge is -2.20. The predicted molar refractivity (Wildman–Crippen MR) is 97.3 cm³/mol. The Morgan fingerprint density at radius 1 is 1.12 bits per heavy atom. The zero-order valence-corrected chi connectivity index (χ0v) is 15.0. The summed E-state index contributed by atoms with van der Waals surface area (Å²) in [5.74, 6) is 2.40. The van der Waals surface area contributed by atoms with Gasteiger partial charge in [0, 0.05) is 29.7 Å². The number of piperidine rings is 1. The van der Waals surface area contributed by atoms with E-state index in [4.69, 9.17) is 11.6 Å². The van der Waals surface area contributed by atoms with Crippen LogP contribution in [0.3, 0.4) is 0 Å². The number of amides is 1. The minimum atomic E-state index is 0.0406. The van der Waals surface area contributed by atoms with Gasteiger partial charge in [0.2, 0.25) is 0 Å². The number of halogens is 1. The molecule has 3 nitrogen and oxygen atoms in total. The summed E-state index contributed by atoms with van der Waals surface area (Å²) in [6.07, 6.45) is 8.60. The molecule has 3 atom stereocenters. The number of benzene rings is 1. The monoisotopic (exact) mass is 346 g/mol. The van der Waals surface area contributed by atoms with Crippen LogP contribution < -0.4 is 5.32 Å². The first kappa shape index (κ1) is 16.4. The summed E-state index contributed by atoms with van der Waals surface area (Å²) in [5, 5.41) is 3.87. The van der Waals surface area contributed by atoms with Crippen molar-refractivity contribution >= 4 is 17.5 Å². The number of hydrogen-bond donors (Lipinski definition) is 1. The fraction of sp³-hybridized carbons (Fsp3) is 0.650. The summed E-state index contributed by atoms with van der Waals surface area (Å²) in [5.41, 5.74) is 0.706. The van der Waals surface area contributed by atoms with Crippen LogP contribution >= 0.6 is 11.6 Å². The molecule has 0 spiro atoms. The van der Waals surface area contributed by atoms with E-state index in [0.717, 1.165) is 5.92 Å². The maximum Gasteiger partial charge on any atom is 0.251 e. The molecule has 24 heavy (non-hydrogen) atoms. The second-order valence-corrected chi connectivity index (χ2v) is 8.32. The SMILES string of the molecule is O=C(NC1[C@H]2CN(CCCC3CCCC3)C[C@@H]12)c1ccc(Cl)cc1. The number of carbonyl (C=O) groups is 1. The molecule has 1 unspecified atom stereocenters. The summed E-state index contributed by atoms with van der Waals surface area (Å²) in [7, 11) is 0. The van der Waals surface area contributed by atoms with Gasteiger partial charge < -0.3 is 10.2 Å². The van der Waals surface area contributed by atoms with Crippen LogP contribution in [0.1, 0.15) is 48.9 Å². The molecule has 1 heterocycles. The Morgan fingerprint density at radius 2 is 1.79 bits per heavy atom. The molecule has 0 bridgehead atoms. The van der Waals surface area contributed by atoms with E-state index in [9.17, 15) is 4.79 Å². The first-order valence-corrected chi connectivity index (χ1v) is 9.87. The van der Waals surface area contributed by atoms with Crippen LogP contribution in [0.5, 0.6) is 0 Å². The van der Waals surface area contributed by atoms with Crippen molar-refractivity contribution in [2.24, 2.45) is 17.8 Å². The van der Waals surface area contributed by atoms with E-state index >= 15 is 0 Å². The lowest BCUT2D eigenvalue weighted by Crippen LogP contribution is -2.35. The third-order valence-corrected chi connectivity index (χ3v) is 6.49. The number of hydrogen-bond acceptors (Lipinski definition) is 2. The zero-order valence-electron chi connectivity index (χ0n) is 14.2. The minimum absolute atomic E-state index is 0.0406. The van der Waals surface area contributed by atoms with Gasteiger partial charge in [-0.25, -0.2) is 0 Å². The maximum atomic E-state index is 12.3. The number of nitrogens with one attached hydrogen (secondary N) is 1. The molecule has 1 amide bonds. The number of fused-ring (bicyclic) bond motifs is 1. The van der Waals surface area contributed by atoms with E-state index in [1.165, 1.54) is 58.2 Å². The van der Waals surface area contributed by atoms with E-state index in [-0.39, 0.29) is 5.91 Å². The van der Waals surface area contributed by atoms with Gasteiger partial charge in [-0.1, -0.05) is 37.3 Å². The molecule has 1 aromatic rings. The van der Waals surface area contributed by atoms with Crippen LogP contribution in [0, 0.1) is 17.8 Å². The minimum Gasteiger partial charge on any atom is -0.349 e. The van der Waals surface area contributed by atoms with E-state index in [1.807, 2.05) is 0 Å². The van der Waals surface area contributed by atoms with Crippen LogP contribution in [0.15, 0.2) is 24.3 Å². The third kappa shape index (κ3) is 3.62. The van der Waals surface area contributed by atoms with Crippen molar-refractivity contribution in [1.29, 1.82) is 0 Å². The highest BCUT2D eigenvalue weighted by atomic mass is 35.5. The number of carbonyl (C=O) groups excluding carboxylic acids is 1. The Morgan fingerprint density at radius 3 is 2.46 bits per heavy atom. The molecule has 1 aromatic carbocycles. The van der Waals surface area contributed by atoms with Gasteiger partial charge in [0.15, 0.2) is 0 Å². The van der Waals surface area contributed by atoms with Crippen molar-refractivity contribution in [3.63, 3.8) is 0 Å². The average Bonchev–Trinajstić information content (AvgIpc) is 3.01. The highest BCUT2D eigenvalue weighted by molar-refractivity contribution is 6.30.